The highest BCUT2D eigenvalue weighted by molar-refractivity contribution is 14.0. The van der Waals surface area contributed by atoms with E-state index in [0.29, 0.717) is 19.1 Å². The molecule has 2 N–H and O–H groups in total. The first kappa shape index (κ1) is 26.8. The second-order valence-corrected chi connectivity index (χ2v) is 7.10. The lowest BCUT2D eigenvalue weighted by Gasteiger charge is -2.20. The van der Waals surface area contributed by atoms with Gasteiger partial charge >= 0.3 is 0 Å². The van der Waals surface area contributed by atoms with Crippen molar-refractivity contribution in [3.63, 3.8) is 0 Å². The Balaban J connectivity index is 0.00000450. The molecule has 1 heterocycles. The van der Waals surface area contributed by atoms with Crippen molar-refractivity contribution in [3.8, 4) is 11.5 Å². The fourth-order valence-corrected chi connectivity index (χ4v) is 3.17. The number of guanidine groups is 1. The largest absolute Gasteiger partial charge is 0.490 e. The summed E-state index contributed by atoms with van der Waals surface area (Å²) in [5, 5.41) is 6.77. The van der Waals surface area contributed by atoms with Gasteiger partial charge in [-0.1, -0.05) is 6.07 Å². The van der Waals surface area contributed by atoms with Crippen molar-refractivity contribution in [1.29, 1.82) is 0 Å². The third-order valence-electron chi connectivity index (χ3n) is 4.78. The van der Waals surface area contributed by atoms with Crippen LogP contribution in [-0.2, 0) is 9.47 Å². The highest BCUT2D eigenvalue weighted by atomic mass is 127. The Kier molecular flexibility index (Phi) is 13.9. The van der Waals surface area contributed by atoms with Gasteiger partial charge in [0.05, 0.1) is 32.5 Å². The molecule has 2 unspecified atom stereocenters. The first-order chi connectivity index (χ1) is 14.2. The lowest BCUT2D eigenvalue weighted by atomic mass is 10.1. The number of benzene rings is 1. The summed E-state index contributed by atoms with van der Waals surface area (Å²) in [7, 11) is 1.78. The molecule has 8 heteroatoms. The molecular weight excluding hydrogens is 497 g/mol. The zero-order valence-electron chi connectivity index (χ0n) is 18.7. The van der Waals surface area contributed by atoms with E-state index in [1.807, 2.05) is 26.0 Å². The minimum Gasteiger partial charge on any atom is -0.490 e. The molecule has 1 aromatic rings. The quantitative estimate of drug-likeness (QED) is 0.184. The molecule has 2 atom stereocenters. The molecule has 0 aromatic heterocycles. The minimum atomic E-state index is 0. The standard InChI is InChI=1S/C22H37N3O4.HI/c1-5-28-20-9-8-19(14-21(20)29-6-2)17(3)25-22(23-4)24-11-7-12-26-15-18-10-13-27-16-18;/h8-9,14,17-18H,5-7,10-13,15-16H2,1-4H3,(H2,23,24,25);1H. The molecule has 0 saturated carbocycles. The summed E-state index contributed by atoms with van der Waals surface area (Å²) in [4.78, 5) is 4.32. The van der Waals surface area contributed by atoms with Crippen LogP contribution in [0.4, 0.5) is 0 Å². The summed E-state index contributed by atoms with van der Waals surface area (Å²) in [5.41, 5.74) is 1.11. The topological polar surface area (TPSA) is 73.3 Å². The molecule has 1 aliphatic rings. The highest BCUT2D eigenvalue weighted by Gasteiger charge is 2.15. The molecule has 1 saturated heterocycles. The van der Waals surface area contributed by atoms with Crippen molar-refractivity contribution in [2.24, 2.45) is 10.9 Å². The van der Waals surface area contributed by atoms with E-state index in [-0.39, 0.29) is 30.0 Å². The normalized spacial score (nSPS) is 17.2. The fourth-order valence-electron chi connectivity index (χ4n) is 3.17. The van der Waals surface area contributed by atoms with Crippen LogP contribution >= 0.6 is 24.0 Å². The Bertz CT molecular complexity index is 624. The van der Waals surface area contributed by atoms with Crippen LogP contribution in [-0.4, -0.2) is 59.2 Å². The van der Waals surface area contributed by atoms with Crippen molar-refractivity contribution >= 4 is 29.9 Å². The second kappa shape index (κ2) is 15.5. The number of nitrogens with one attached hydrogen (secondary N) is 2. The third kappa shape index (κ3) is 9.26. The number of rotatable bonds is 12. The summed E-state index contributed by atoms with van der Waals surface area (Å²) in [6, 6.07) is 6.12. The summed E-state index contributed by atoms with van der Waals surface area (Å²) in [6.45, 7) is 11.3. The van der Waals surface area contributed by atoms with E-state index in [9.17, 15) is 0 Å². The first-order valence-electron chi connectivity index (χ1n) is 10.7. The molecule has 0 aliphatic carbocycles. The summed E-state index contributed by atoms with van der Waals surface area (Å²) >= 11 is 0. The van der Waals surface area contributed by atoms with Gasteiger partial charge in [0.2, 0.25) is 0 Å². The Hall–Kier alpha value is -1.26. The molecular formula is C22H38IN3O4. The zero-order valence-corrected chi connectivity index (χ0v) is 21.1. The van der Waals surface area contributed by atoms with Gasteiger partial charge < -0.3 is 29.6 Å². The molecule has 1 aliphatic heterocycles. The molecule has 0 amide bonds. The van der Waals surface area contributed by atoms with Gasteiger partial charge in [-0.3, -0.25) is 4.99 Å². The number of hydrogen-bond acceptors (Lipinski definition) is 5. The van der Waals surface area contributed by atoms with E-state index < -0.39 is 0 Å². The summed E-state index contributed by atoms with van der Waals surface area (Å²) in [5.74, 6) is 2.88. The number of nitrogens with zero attached hydrogens (tertiary/aromatic N) is 1. The predicted octanol–water partition coefficient (Wildman–Crippen LogP) is 3.77. The summed E-state index contributed by atoms with van der Waals surface area (Å²) in [6.07, 6.45) is 2.05. The van der Waals surface area contributed by atoms with E-state index in [4.69, 9.17) is 18.9 Å². The van der Waals surface area contributed by atoms with E-state index >= 15 is 0 Å². The van der Waals surface area contributed by atoms with Gasteiger partial charge in [0.25, 0.3) is 0 Å². The maximum absolute atomic E-state index is 5.74. The molecule has 0 spiro atoms. The van der Waals surface area contributed by atoms with Gasteiger partial charge in [-0.05, 0) is 51.3 Å². The van der Waals surface area contributed by atoms with Crippen molar-refractivity contribution in [2.75, 3.05) is 53.2 Å². The summed E-state index contributed by atoms with van der Waals surface area (Å²) < 4.78 is 22.5. The molecule has 7 nitrogen and oxygen atoms in total. The lowest BCUT2D eigenvalue weighted by Crippen LogP contribution is -2.39. The van der Waals surface area contributed by atoms with Crippen LogP contribution in [0.15, 0.2) is 23.2 Å². The van der Waals surface area contributed by atoms with Crippen LogP contribution in [0.25, 0.3) is 0 Å². The van der Waals surface area contributed by atoms with Crippen LogP contribution in [0.5, 0.6) is 11.5 Å². The van der Waals surface area contributed by atoms with Gasteiger partial charge in [0, 0.05) is 32.7 Å². The first-order valence-corrected chi connectivity index (χ1v) is 10.7. The van der Waals surface area contributed by atoms with Crippen molar-refractivity contribution < 1.29 is 18.9 Å². The number of hydrogen-bond donors (Lipinski definition) is 2. The Morgan fingerprint density at radius 2 is 2.00 bits per heavy atom. The predicted molar refractivity (Wildman–Crippen MR) is 131 cm³/mol. The smallest absolute Gasteiger partial charge is 0.191 e. The monoisotopic (exact) mass is 535 g/mol. The van der Waals surface area contributed by atoms with Crippen LogP contribution < -0.4 is 20.1 Å². The Labute approximate surface area is 198 Å². The average Bonchev–Trinajstić information content (AvgIpc) is 3.24. The molecule has 1 aromatic carbocycles. The second-order valence-electron chi connectivity index (χ2n) is 7.10. The zero-order chi connectivity index (χ0) is 20.9. The third-order valence-corrected chi connectivity index (χ3v) is 4.78. The van der Waals surface area contributed by atoms with Crippen LogP contribution in [0.3, 0.4) is 0 Å². The maximum Gasteiger partial charge on any atom is 0.191 e. The molecule has 0 radical (unpaired) electrons. The van der Waals surface area contributed by atoms with E-state index in [2.05, 4.69) is 28.6 Å². The average molecular weight is 535 g/mol. The lowest BCUT2D eigenvalue weighted by molar-refractivity contribution is 0.0888. The van der Waals surface area contributed by atoms with E-state index in [1.54, 1.807) is 7.05 Å². The van der Waals surface area contributed by atoms with Crippen LogP contribution in [0, 0.1) is 5.92 Å². The SMILES string of the molecule is CCOc1ccc(C(C)NC(=NC)NCCCOCC2CCOC2)cc1OCC.I. The van der Waals surface area contributed by atoms with Gasteiger partial charge in [-0.2, -0.15) is 0 Å². The number of aliphatic imine (C=N–C) groups is 1. The van der Waals surface area contributed by atoms with Gasteiger partial charge in [0.1, 0.15) is 0 Å². The van der Waals surface area contributed by atoms with Gasteiger partial charge in [-0.25, -0.2) is 0 Å². The minimum absolute atomic E-state index is 0. The maximum atomic E-state index is 5.74. The molecule has 0 bridgehead atoms. The van der Waals surface area contributed by atoms with Crippen LogP contribution in [0.2, 0.25) is 0 Å². The highest BCUT2D eigenvalue weighted by Crippen LogP contribution is 2.30. The molecule has 30 heavy (non-hydrogen) atoms. The van der Waals surface area contributed by atoms with Crippen LogP contribution in [0.1, 0.15) is 45.2 Å². The van der Waals surface area contributed by atoms with Gasteiger partial charge in [0.15, 0.2) is 17.5 Å². The molecule has 2 rings (SSSR count). The van der Waals surface area contributed by atoms with E-state index in [1.165, 1.54) is 0 Å². The van der Waals surface area contributed by atoms with E-state index in [0.717, 1.165) is 68.8 Å². The molecule has 172 valence electrons. The van der Waals surface area contributed by atoms with Crippen molar-refractivity contribution in [3.05, 3.63) is 23.8 Å². The van der Waals surface area contributed by atoms with Crippen molar-refractivity contribution in [1.82, 2.24) is 10.6 Å². The Morgan fingerprint density at radius 1 is 1.23 bits per heavy atom. The number of ether oxygens (including phenoxy) is 4. The number of halogens is 1. The fraction of sp³-hybridized carbons (Fsp3) is 0.682. The molecule has 1 fully saturated rings. The van der Waals surface area contributed by atoms with Crippen molar-refractivity contribution in [2.45, 2.75) is 39.7 Å². The van der Waals surface area contributed by atoms with Gasteiger partial charge in [-0.15, -0.1) is 24.0 Å². The Morgan fingerprint density at radius 3 is 2.67 bits per heavy atom.